The lowest BCUT2D eigenvalue weighted by Crippen LogP contribution is -2.67. The highest BCUT2D eigenvalue weighted by Gasteiger charge is 2.72. The molecule has 5 fully saturated rings. The van der Waals surface area contributed by atoms with E-state index in [9.17, 15) is 14.7 Å². The summed E-state index contributed by atoms with van der Waals surface area (Å²) in [6.45, 7) is 21.2. The molecular weight excluding hydrogens is 504 g/mol. The molecule has 1 aliphatic heterocycles. The highest BCUT2D eigenvalue weighted by atomic mass is 16.6. The van der Waals surface area contributed by atoms with Crippen LogP contribution in [0, 0.1) is 45.3 Å². The molecule has 6 nitrogen and oxygen atoms in total. The van der Waals surface area contributed by atoms with E-state index < -0.39 is 5.60 Å². The standard InChI is InChI=1S/C34H56O6/c1-20(35)38-23-19-25-31(7)15-13-26(39-21(2)36)29(3,4)24(31)12-17-32(25,8)33(9)16-11-22(28(23)33)34(10)18-14-27(40-34)30(5,6)37/h22-28,37H,11-19H2,1-10H3/t22?,23-,24-,25?,26+,27+,28?,31-,32+,33+,34-/m0/s1. The number of carbonyl (C=O) groups excluding carboxylic acids is 2. The van der Waals surface area contributed by atoms with Gasteiger partial charge in [-0.15, -0.1) is 0 Å². The summed E-state index contributed by atoms with van der Waals surface area (Å²) in [5.41, 5.74) is -1.10. The Balaban J connectivity index is 1.52. The first-order valence-electron chi connectivity index (χ1n) is 16.0. The predicted molar refractivity (Wildman–Crippen MR) is 154 cm³/mol. The maximum atomic E-state index is 12.6. The third-order valence-electron chi connectivity index (χ3n) is 13.8. The highest BCUT2D eigenvalue weighted by Crippen LogP contribution is 2.76. The first-order valence-corrected chi connectivity index (χ1v) is 16.0. The summed E-state index contributed by atoms with van der Waals surface area (Å²) in [6.07, 6.45) is 8.68. The van der Waals surface area contributed by atoms with E-state index in [-0.39, 0.29) is 69.3 Å². The summed E-state index contributed by atoms with van der Waals surface area (Å²) in [5, 5.41) is 10.8. The maximum Gasteiger partial charge on any atom is 0.302 e. The van der Waals surface area contributed by atoms with Gasteiger partial charge in [0.2, 0.25) is 0 Å². The lowest BCUT2D eigenvalue weighted by molar-refractivity contribution is -0.254. The van der Waals surface area contributed by atoms with E-state index in [1.54, 1.807) is 6.92 Å². The Morgan fingerprint density at radius 2 is 1.43 bits per heavy atom. The normalized spacial score (nSPS) is 49.9. The van der Waals surface area contributed by atoms with E-state index in [1.807, 2.05) is 13.8 Å². The lowest BCUT2D eigenvalue weighted by Gasteiger charge is -2.70. The number of hydrogen-bond acceptors (Lipinski definition) is 6. The van der Waals surface area contributed by atoms with Crippen LogP contribution < -0.4 is 0 Å². The van der Waals surface area contributed by atoms with Gasteiger partial charge >= 0.3 is 11.9 Å². The van der Waals surface area contributed by atoms with Crippen LogP contribution in [0.5, 0.6) is 0 Å². The second-order valence-corrected chi connectivity index (χ2v) is 16.6. The minimum atomic E-state index is -0.872. The smallest absolute Gasteiger partial charge is 0.302 e. The minimum Gasteiger partial charge on any atom is -0.462 e. The van der Waals surface area contributed by atoms with Crippen LogP contribution in [-0.4, -0.2) is 46.6 Å². The molecule has 1 heterocycles. The fraction of sp³-hybridized carbons (Fsp3) is 0.941. The van der Waals surface area contributed by atoms with Crippen LogP contribution in [0.25, 0.3) is 0 Å². The van der Waals surface area contributed by atoms with Gasteiger partial charge in [0.05, 0.1) is 17.3 Å². The third-order valence-corrected chi connectivity index (χ3v) is 13.8. The molecule has 4 aliphatic carbocycles. The van der Waals surface area contributed by atoms with Gasteiger partial charge in [-0.1, -0.05) is 34.6 Å². The molecule has 1 N–H and O–H groups in total. The van der Waals surface area contributed by atoms with E-state index in [0.717, 1.165) is 57.8 Å². The predicted octanol–water partition coefficient (Wildman–Crippen LogP) is 6.85. The molecule has 0 spiro atoms. The molecule has 1 saturated heterocycles. The Kier molecular flexibility index (Phi) is 7.15. The number of aliphatic hydroxyl groups is 1. The van der Waals surface area contributed by atoms with Gasteiger partial charge in [-0.2, -0.15) is 0 Å². The minimum absolute atomic E-state index is 0.0186. The molecule has 5 aliphatic rings. The highest BCUT2D eigenvalue weighted by molar-refractivity contribution is 5.66. The van der Waals surface area contributed by atoms with Crippen LogP contribution in [-0.2, 0) is 23.8 Å². The Morgan fingerprint density at radius 1 is 0.800 bits per heavy atom. The quantitative estimate of drug-likeness (QED) is 0.379. The monoisotopic (exact) mass is 560 g/mol. The molecule has 0 radical (unpaired) electrons. The largest absolute Gasteiger partial charge is 0.462 e. The van der Waals surface area contributed by atoms with Crippen molar-refractivity contribution < 1.29 is 28.9 Å². The number of esters is 2. The summed E-state index contributed by atoms with van der Waals surface area (Å²) in [7, 11) is 0. The van der Waals surface area contributed by atoms with Gasteiger partial charge in [-0.25, -0.2) is 0 Å². The summed E-state index contributed by atoms with van der Waals surface area (Å²) in [4.78, 5) is 24.6. The van der Waals surface area contributed by atoms with Crippen LogP contribution in [0.4, 0.5) is 0 Å². The molecule has 0 bridgehead atoms. The molecule has 4 saturated carbocycles. The Morgan fingerprint density at radius 3 is 2.00 bits per heavy atom. The van der Waals surface area contributed by atoms with Crippen LogP contribution in [0.3, 0.4) is 0 Å². The van der Waals surface area contributed by atoms with Gasteiger partial charge in [0.1, 0.15) is 12.2 Å². The van der Waals surface area contributed by atoms with Gasteiger partial charge in [-0.3, -0.25) is 9.59 Å². The van der Waals surface area contributed by atoms with Crippen molar-refractivity contribution in [1.82, 2.24) is 0 Å². The number of ether oxygens (including phenoxy) is 3. The molecule has 0 amide bonds. The Hall–Kier alpha value is -1.14. The molecule has 40 heavy (non-hydrogen) atoms. The molecule has 0 aromatic carbocycles. The first kappa shape index (κ1) is 30.3. The number of hydrogen-bond donors (Lipinski definition) is 1. The molecule has 3 unspecified atom stereocenters. The van der Waals surface area contributed by atoms with Gasteiger partial charge in [-0.05, 0) is 113 Å². The average Bonchev–Trinajstić information content (AvgIpc) is 3.39. The van der Waals surface area contributed by atoms with Crippen molar-refractivity contribution >= 4 is 11.9 Å². The lowest BCUT2D eigenvalue weighted by atomic mass is 9.35. The first-order chi connectivity index (χ1) is 18.3. The van der Waals surface area contributed by atoms with Crippen molar-refractivity contribution in [2.45, 2.75) is 157 Å². The van der Waals surface area contributed by atoms with Gasteiger partial charge in [0.25, 0.3) is 0 Å². The van der Waals surface area contributed by atoms with Crippen LogP contribution in [0.2, 0.25) is 0 Å². The maximum absolute atomic E-state index is 12.6. The van der Waals surface area contributed by atoms with Crippen molar-refractivity contribution in [2.75, 3.05) is 0 Å². The molecule has 5 rings (SSSR count). The van der Waals surface area contributed by atoms with E-state index >= 15 is 0 Å². The fourth-order valence-electron chi connectivity index (χ4n) is 11.8. The van der Waals surface area contributed by atoms with Gasteiger partial charge in [0.15, 0.2) is 0 Å². The molecular formula is C34H56O6. The molecule has 6 heteroatoms. The van der Waals surface area contributed by atoms with E-state index in [2.05, 4.69) is 41.5 Å². The topological polar surface area (TPSA) is 82.1 Å². The number of carbonyl (C=O) groups is 2. The number of rotatable bonds is 4. The summed E-state index contributed by atoms with van der Waals surface area (Å²) >= 11 is 0. The zero-order valence-corrected chi connectivity index (χ0v) is 26.9. The zero-order chi connectivity index (χ0) is 29.7. The van der Waals surface area contributed by atoms with Crippen molar-refractivity contribution in [3.8, 4) is 0 Å². The SMILES string of the molecule is CC(=O)O[C@H]1CC2[C@@]3(C)CC[C@@H](OC(C)=O)C(C)(C)[C@@H]3CC[C@@]2(C)[C@]2(C)CCC([C@]3(C)CC[C@H](C(C)(C)O)O3)C12. The Bertz CT molecular complexity index is 1030. The van der Waals surface area contributed by atoms with Crippen molar-refractivity contribution in [1.29, 1.82) is 0 Å². The van der Waals surface area contributed by atoms with Crippen molar-refractivity contribution in [3.05, 3.63) is 0 Å². The summed E-state index contributed by atoms with van der Waals surface area (Å²) in [5.74, 6) is 1.00. The van der Waals surface area contributed by atoms with Crippen molar-refractivity contribution in [3.63, 3.8) is 0 Å². The van der Waals surface area contributed by atoms with E-state index in [4.69, 9.17) is 14.2 Å². The zero-order valence-electron chi connectivity index (χ0n) is 26.9. The summed E-state index contributed by atoms with van der Waals surface area (Å²) in [6, 6.07) is 0. The van der Waals surface area contributed by atoms with Gasteiger partial charge < -0.3 is 19.3 Å². The fourth-order valence-corrected chi connectivity index (χ4v) is 11.8. The van der Waals surface area contributed by atoms with Crippen LogP contribution in [0.1, 0.15) is 127 Å². The third kappa shape index (κ3) is 4.31. The number of fused-ring (bicyclic) bond motifs is 5. The second kappa shape index (κ2) is 9.43. The van der Waals surface area contributed by atoms with Crippen LogP contribution >= 0.6 is 0 Å². The van der Waals surface area contributed by atoms with Crippen molar-refractivity contribution in [2.24, 2.45) is 45.3 Å². The van der Waals surface area contributed by atoms with Crippen LogP contribution in [0.15, 0.2) is 0 Å². The summed E-state index contributed by atoms with van der Waals surface area (Å²) < 4.78 is 19.0. The second-order valence-electron chi connectivity index (χ2n) is 16.6. The average molecular weight is 561 g/mol. The Labute approximate surface area is 242 Å². The molecule has 228 valence electrons. The molecule has 11 atom stereocenters. The molecule has 0 aromatic rings. The van der Waals surface area contributed by atoms with Gasteiger partial charge in [0, 0.05) is 25.2 Å². The van der Waals surface area contributed by atoms with E-state index in [1.165, 1.54) is 6.92 Å². The molecule has 0 aromatic heterocycles. The van der Waals surface area contributed by atoms with E-state index in [0.29, 0.717) is 11.8 Å².